The van der Waals surface area contributed by atoms with Gasteiger partial charge in [0, 0.05) is 29.7 Å². The number of pyridine rings is 2. The Morgan fingerprint density at radius 2 is 1.77 bits per heavy atom. The molecule has 5 nitrogen and oxygen atoms in total. The first-order valence-corrected chi connectivity index (χ1v) is 10.6. The van der Waals surface area contributed by atoms with Crippen LogP contribution in [0.1, 0.15) is 27.0 Å². The minimum absolute atomic E-state index is 0.175. The van der Waals surface area contributed by atoms with Crippen LogP contribution in [0.2, 0.25) is 5.02 Å². The van der Waals surface area contributed by atoms with Gasteiger partial charge < -0.3 is 4.90 Å². The van der Waals surface area contributed by atoms with Crippen LogP contribution in [-0.2, 0) is 19.5 Å². The van der Waals surface area contributed by atoms with E-state index in [1.807, 2.05) is 42.5 Å². The number of fused-ring (bicyclic) bond motifs is 2. The molecule has 0 saturated carbocycles. The van der Waals surface area contributed by atoms with Gasteiger partial charge in [0.25, 0.3) is 11.5 Å². The fourth-order valence-corrected chi connectivity index (χ4v) is 4.24. The molecular weight excluding hydrogens is 410 g/mol. The average Bonchev–Trinajstić information content (AvgIpc) is 2.81. The van der Waals surface area contributed by atoms with Crippen LogP contribution in [0.3, 0.4) is 0 Å². The summed E-state index contributed by atoms with van der Waals surface area (Å²) in [7, 11) is 0. The molecule has 1 aliphatic heterocycles. The van der Waals surface area contributed by atoms with Gasteiger partial charge in [-0.3, -0.25) is 14.2 Å². The summed E-state index contributed by atoms with van der Waals surface area (Å²) in [5.74, 6) is -0.241. The Hall–Kier alpha value is -3.44. The zero-order valence-electron chi connectivity index (χ0n) is 16.8. The molecule has 0 spiro atoms. The molecule has 0 atom stereocenters. The average molecular weight is 430 g/mol. The number of hydrogen-bond donors (Lipinski definition) is 0. The Labute approximate surface area is 184 Å². The topological polar surface area (TPSA) is 55.2 Å². The lowest BCUT2D eigenvalue weighted by atomic mass is 9.99. The van der Waals surface area contributed by atoms with Gasteiger partial charge in [-0.05, 0) is 53.4 Å². The summed E-state index contributed by atoms with van der Waals surface area (Å²) >= 11 is 6.00. The van der Waals surface area contributed by atoms with Crippen molar-refractivity contribution in [2.24, 2.45) is 0 Å². The predicted octanol–water partition coefficient (Wildman–Crippen LogP) is 4.30. The van der Waals surface area contributed by atoms with Crippen LogP contribution in [0.5, 0.6) is 0 Å². The van der Waals surface area contributed by atoms with E-state index < -0.39 is 0 Å². The zero-order chi connectivity index (χ0) is 21.4. The van der Waals surface area contributed by atoms with Crippen molar-refractivity contribution in [3.05, 3.63) is 111 Å². The van der Waals surface area contributed by atoms with Crippen molar-refractivity contribution < 1.29 is 4.79 Å². The molecule has 31 heavy (non-hydrogen) atoms. The first kappa shape index (κ1) is 19.5. The lowest BCUT2D eigenvalue weighted by Crippen LogP contribution is -2.40. The molecule has 3 heterocycles. The van der Waals surface area contributed by atoms with Crippen LogP contribution >= 0.6 is 11.6 Å². The van der Waals surface area contributed by atoms with E-state index in [-0.39, 0.29) is 17.0 Å². The molecule has 0 saturated heterocycles. The van der Waals surface area contributed by atoms with Crippen LogP contribution < -0.4 is 5.56 Å². The van der Waals surface area contributed by atoms with E-state index in [0.29, 0.717) is 30.3 Å². The van der Waals surface area contributed by atoms with Crippen LogP contribution in [0.25, 0.3) is 11.0 Å². The predicted molar refractivity (Wildman–Crippen MR) is 121 cm³/mol. The molecule has 1 aliphatic rings. The maximum Gasteiger partial charge on any atom is 0.265 e. The number of nitrogens with zero attached hydrogens (tertiary/aromatic N) is 3. The summed E-state index contributed by atoms with van der Waals surface area (Å²) in [4.78, 5) is 33.0. The largest absolute Gasteiger partial charge is 0.334 e. The van der Waals surface area contributed by atoms with E-state index in [1.165, 1.54) is 5.56 Å². The van der Waals surface area contributed by atoms with Crippen LogP contribution in [0.15, 0.2) is 77.7 Å². The first-order chi connectivity index (χ1) is 15.1. The first-order valence-electron chi connectivity index (χ1n) is 10.2. The van der Waals surface area contributed by atoms with Crippen LogP contribution in [0.4, 0.5) is 0 Å². The summed E-state index contributed by atoms with van der Waals surface area (Å²) in [6.07, 6.45) is 2.44. The summed E-state index contributed by atoms with van der Waals surface area (Å²) in [6.45, 7) is 1.42. The van der Waals surface area contributed by atoms with Crippen molar-refractivity contribution in [1.82, 2.24) is 14.5 Å². The van der Waals surface area contributed by atoms with E-state index in [9.17, 15) is 9.59 Å². The molecule has 5 rings (SSSR count). The molecule has 0 N–H and O–H groups in total. The highest BCUT2D eigenvalue weighted by molar-refractivity contribution is 6.30. The second-order valence-corrected chi connectivity index (χ2v) is 8.17. The second-order valence-electron chi connectivity index (χ2n) is 7.74. The molecule has 2 aromatic heterocycles. The third-order valence-corrected chi connectivity index (χ3v) is 6.00. The molecule has 0 fully saturated rings. The molecule has 0 radical (unpaired) electrons. The number of amides is 1. The van der Waals surface area contributed by atoms with Gasteiger partial charge in [-0.15, -0.1) is 0 Å². The van der Waals surface area contributed by atoms with Crippen molar-refractivity contribution >= 4 is 28.5 Å². The van der Waals surface area contributed by atoms with Crippen molar-refractivity contribution in [2.45, 2.75) is 19.5 Å². The van der Waals surface area contributed by atoms with Gasteiger partial charge >= 0.3 is 0 Å². The number of aromatic nitrogens is 2. The van der Waals surface area contributed by atoms with Gasteiger partial charge in [0.15, 0.2) is 0 Å². The zero-order valence-corrected chi connectivity index (χ0v) is 17.5. The third-order valence-electron chi connectivity index (χ3n) is 5.75. The number of halogens is 1. The van der Waals surface area contributed by atoms with E-state index >= 15 is 0 Å². The molecular formula is C25H20ClN3O2. The summed E-state index contributed by atoms with van der Waals surface area (Å²) in [5, 5.41) is 1.39. The quantitative estimate of drug-likeness (QED) is 0.488. The Kier molecular flexibility index (Phi) is 5.04. The molecule has 0 unspecified atom stereocenters. The van der Waals surface area contributed by atoms with Gasteiger partial charge in [0.2, 0.25) is 0 Å². The van der Waals surface area contributed by atoms with Crippen molar-refractivity contribution in [1.29, 1.82) is 0 Å². The lowest BCUT2D eigenvalue weighted by molar-refractivity contribution is 0.0732. The minimum atomic E-state index is -0.329. The van der Waals surface area contributed by atoms with E-state index in [4.69, 9.17) is 11.6 Å². The van der Waals surface area contributed by atoms with Crippen LogP contribution in [-0.4, -0.2) is 26.9 Å². The highest BCUT2D eigenvalue weighted by atomic mass is 35.5. The smallest absolute Gasteiger partial charge is 0.265 e. The maximum absolute atomic E-state index is 13.4. The summed E-state index contributed by atoms with van der Waals surface area (Å²) < 4.78 is 1.57. The van der Waals surface area contributed by atoms with E-state index in [0.717, 1.165) is 22.9 Å². The SMILES string of the molecule is O=C(c1cc2cccnc2n(Cc2ccc(Cl)cc2)c1=O)N1CCc2ccccc2C1. The van der Waals surface area contributed by atoms with Gasteiger partial charge in [-0.2, -0.15) is 0 Å². The number of benzene rings is 2. The number of carbonyl (C=O) groups is 1. The van der Waals surface area contributed by atoms with Crippen LogP contribution in [0, 0.1) is 0 Å². The monoisotopic (exact) mass is 429 g/mol. The van der Waals surface area contributed by atoms with Gasteiger partial charge in [-0.1, -0.05) is 48.0 Å². The van der Waals surface area contributed by atoms with Crippen molar-refractivity contribution in [3.63, 3.8) is 0 Å². The molecule has 2 aromatic carbocycles. The molecule has 0 aliphatic carbocycles. The summed E-state index contributed by atoms with van der Waals surface area (Å²) in [5.41, 5.74) is 3.71. The molecule has 0 bridgehead atoms. The highest BCUT2D eigenvalue weighted by Gasteiger charge is 2.25. The molecule has 4 aromatic rings. The Morgan fingerprint density at radius 1 is 1.00 bits per heavy atom. The highest BCUT2D eigenvalue weighted by Crippen LogP contribution is 2.21. The van der Waals surface area contributed by atoms with E-state index in [1.54, 1.807) is 33.9 Å². The van der Waals surface area contributed by atoms with Gasteiger partial charge in [-0.25, -0.2) is 4.98 Å². The number of hydrogen-bond acceptors (Lipinski definition) is 3. The normalized spacial score (nSPS) is 13.3. The standard InChI is InChI=1S/C25H20ClN3O2/c26-21-9-7-17(8-10-21)15-29-23-19(6-3-12-27-23)14-22(25(29)31)24(30)28-13-11-18-4-1-2-5-20(18)16-28/h1-10,12,14H,11,13,15-16H2. The Bertz CT molecular complexity index is 1350. The minimum Gasteiger partial charge on any atom is -0.334 e. The Morgan fingerprint density at radius 3 is 2.58 bits per heavy atom. The lowest BCUT2D eigenvalue weighted by Gasteiger charge is -2.29. The Balaban J connectivity index is 1.56. The molecule has 154 valence electrons. The maximum atomic E-state index is 13.4. The number of rotatable bonds is 3. The van der Waals surface area contributed by atoms with Crippen molar-refractivity contribution in [3.8, 4) is 0 Å². The summed E-state index contributed by atoms with van der Waals surface area (Å²) in [6, 6.07) is 20.8. The van der Waals surface area contributed by atoms with Gasteiger partial charge in [0.1, 0.15) is 11.2 Å². The van der Waals surface area contributed by atoms with Gasteiger partial charge in [0.05, 0.1) is 6.54 Å². The third kappa shape index (κ3) is 3.73. The second kappa shape index (κ2) is 8.00. The van der Waals surface area contributed by atoms with Crippen molar-refractivity contribution in [2.75, 3.05) is 6.54 Å². The molecule has 6 heteroatoms. The molecule has 1 amide bonds. The fourth-order valence-electron chi connectivity index (χ4n) is 4.12. The number of carbonyl (C=O) groups excluding carboxylic acids is 1. The fraction of sp³-hybridized carbons (Fsp3) is 0.160. The van der Waals surface area contributed by atoms with E-state index in [2.05, 4.69) is 11.1 Å².